The van der Waals surface area contributed by atoms with Crippen LogP contribution in [0.3, 0.4) is 0 Å². The molecule has 1 atom stereocenters. The van der Waals surface area contributed by atoms with E-state index in [9.17, 15) is 9.59 Å². The lowest BCUT2D eigenvalue weighted by Gasteiger charge is -2.22. The summed E-state index contributed by atoms with van der Waals surface area (Å²) in [7, 11) is 3.09. The Kier molecular flexibility index (Phi) is 5.40. The molecule has 27 heavy (non-hydrogen) atoms. The van der Waals surface area contributed by atoms with E-state index >= 15 is 0 Å². The van der Waals surface area contributed by atoms with Crippen molar-refractivity contribution in [2.75, 3.05) is 27.3 Å². The molecule has 3 rings (SSSR count). The Bertz CT molecular complexity index is 891. The third-order valence-electron chi connectivity index (χ3n) is 4.47. The van der Waals surface area contributed by atoms with Gasteiger partial charge in [-0.2, -0.15) is 0 Å². The third-order valence-corrected chi connectivity index (χ3v) is 4.47. The van der Waals surface area contributed by atoms with Gasteiger partial charge in [0.05, 0.1) is 26.7 Å². The minimum absolute atomic E-state index is 0.00432. The molecule has 1 aliphatic heterocycles. The molecule has 2 aromatic rings. The second kappa shape index (κ2) is 7.90. The number of ketones is 1. The lowest BCUT2D eigenvalue weighted by molar-refractivity contribution is 0.0922. The lowest BCUT2D eigenvalue weighted by Crippen LogP contribution is -2.39. The van der Waals surface area contributed by atoms with Gasteiger partial charge in [-0.1, -0.05) is 12.1 Å². The molecular formula is C20H21N3O4. The fraction of sp³-hybridized carbons (Fsp3) is 0.250. The van der Waals surface area contributed by atoms with Gasteiger partial charge in [-0.15, -0.1) is 0 Å². The maximum atomic E-state index is 12.8. The Labute approximate surface area is 157 Å². The Morgan fingerprint density at radius 3 is 2.26 bits per heavy atom. The number of hydrogen-bond donors (Lipinski definition) is 2. The zero-order chi connectivity index (χ0) is 19.4. The molecule has 2 aromatic carbocycles. The maximum absolute atomic E-state index is 12.8. The van der Waals surface area contributed by atoms with Crippen LogP contribution in [0.15, 0.2) is 47.5 Å². The standard InChI is InChI=1S/C20H21N3O4/c1-26-16-8-7-14(9-17(16)27-2)18(24)15-10-22-20(23-11-15)13-5-3-12(4-6-13)19(21)25/h3-9,15H,10-11H2,1-2H3,(H2,21,25)(H,22,23). The van der Waals surface area contributed by atoms with Crippen molar-refractivity contribution in [3.8, 4) is 11.5 Å². The van der Waals surface area contributed by atoms with Crippen LogP contribution < -0.4 is 20.5 Å². The van der Waals surface area contributed by atoms with E-state index in [1.165, 1.54) is 7.11 Å². The number of carbonyl (C=O) groups excluding carboxylic acids is 2. The number of Topliss-reactive ketones (excluding diaryl/α,β-unsaturated/α-hetero) is 1. The summed E-state index contributed by atoms with van der Waals surface area (Å²) >= 11 is 0. The first-order valence-electron chi connectivity index (χ1n) is 8.48. The van der Waals surface area contributed by atoms with Crippen molar-refractivity contribution < 1.29 is 19.1 Å². The minimum atomic E-state index is -0.472. The molecule has 1 unspecified atom stereocenters. The zero-order valence-electron chi connectivity index (χ0n) is 15.2. The minimum Gasteiger partial charge on any atom is -0.493 e. The highest BCUT2D eigenvalue weighted by atomic mass is 16.5. The summed E-state index contributed by atoms with van der Waals surface area (Å²) in [5.41, 5.74) is 7.09. The first-order chi connectivity index (χ1) is 13.0. The molecule has 1 amide bonds. The highest BCUT2D eigenvalue weighted by molar-refractivity contribution is 6.03. The highest BCUT2D eigenvalue weighted by Gasteiger charge is 2.25. The molecule has 0 saturated heterocycles. The van der Waals surface area contributed by atoms with Crippen molar-refractivity contribution in [1.29, 1.82) is 0 Å². The number of nitrogens with zero attached hydrogens (tertiary/aromatic N) is 1. The first kappa shape index (κ1) is 18.4. The second-order valence-corrected chi connectivity index (χ2v) is 6.14. The smallest absolute Gasteiger partial charge is 0.248 e. The van der Waals surface area contributed by atoms with Gasteiger partial charge in [-0.25, -0.2) is 0 Å². The van der Waals surface area contributed by atoms with Crippen molar-refractivity contribution >= 4 is 17.5 Å². The summed E-state index contributed by atoms with van der Waals surface area (Å²) in [5.74, 6) is 1.05. The van der Waals surface area contributed by atoms with Gasteiger partial charge in [0.15, 0.2) is 17.3 Å². The van der Waals surface area contributed by atoms with Crippen molar-refractivity contribution in [2.45, 2.75) is 0 Å². The molecule has 0 saturated carbocycles. The third kappa shape index (κ3) is 3.92. The molecule has 0 fully saturated rings. The van der Waals surface area contributed by atoms with E-state index in [1.54, 1.807) is 49.6 Å². The highest BCUT2D eigenvalue weighted by Crippen LogP contribution is 2.28. The Morgan fingerprint density at radius 1 is 1.04 bits per heavy atom. The van der Waals surface area contributed by atoms with Gasteiger partial charge in [0, 0.05) is 23.2 Å². The van der Waals surface area contributed by atoms with E-state index in [-0.39, 0.29) is 11.7 Å². The fourth-order valence-electron chi connectivity index (χ4n) is 2.93. The van der Waals surface area contributed by atoms with Gasteiger partial charge >= 0.3 is 0 Å². The Hall–Kier alpha value is -3.35. The fourth-order valence-corrected chi connectivity index (χ4v) is 2.93. The number of carbonyl (C=O) groups is 2. The molecular weight excluding hydrogens is 346 g/mol. The monoisotopic (exact) mass is 367 g/mol. The van der Waals surface area contributed by atoms with Crippen molar-refractivity contribution in [3.05, 3.63) is 59.2 Å². The second-order valence-electron chi connectivity index (χ2n) is 6.14. The number of hydrogen-bond acceptors (Lipinski definition) is 6. The van der Waals surface area contributed by atoms with Crippen LogP contribution in [0.5, 0.6) is 11.5 Å². The molecule has 3 N–H and O–H groups in total. The van der Waals surface area contributed by atoms with Crippen LogP contribution in [0.1, 0.15) is 26.3 Å². The number of amides is 1. The van der Waals surface area contributed by atoms with Crippen molar-refractivity contribution in [2.24, 2.45) is 16.6 Å². The van der Waals surface area contributed by atoms with Gasteiger partial charge in [-0.3, -0.25) is 14.6 Å². The van der Waals surface area contributed by atoms with E-state index in [2.05, 4.69) is 10.3 Å². The summed E-state index contributed by atoms with van der Waals surface area (Å²) in [5, 5.41) is 3.19. The van der Waals surface area contributed by atoms with Crippen LogP contribution in [0.4, 0.5) is 0 Å². The summed E-state index contributed by atoms with van der Waals surface area (Å²) in [6, 6.07) is 12.0. The number of amidine groups is 1. The first-order valence-corrected chi connectivity index (χ1v) is 8.48. The molecule has 0 radical (unpaired) electrons. The van der Waals surface area contributed by atoms with Crippen LogP contribution in [0.25, 0.3) is 0 Å². The SMILES string of the molecule is COc1ccc(C(=O)C2CN=C(c3ccc(C(N)=O)cc3)NC2)cc1OC. The number of ether oxygens (including phenoxy) is 2. The van der Waals surface area contributed by atoms with Crippen LogP contribution >= 0.6 is 0 Å². The van der Waals surface area contributed by atoms with E-state index < -0.39 is 5.91 Å². The molecule has 7 nitrogen and oxygen atoms in total. The van der Waals surface area contributed by atoms with Crippen LogP contribution in [0, 0.1) is 5.92 Å². The average Bonchev–Trinajstić information content (AvgIpc) is 2.72. The number of methoxy groups -OCH3 is 2. The number of nitrogens with two attached hydrogens (primary N) is 1. The zero-order valence-corrected chi connectivity index (χ0v) is 15.2. The molecule has 1 heterocycles. The molecule has 1 aliphatic rings. The Morgan fingerprint density at radius 2 is 1.70 bits per heavy atom. The van der Waals surface area contributed by atoms with E-state index in [0.29, 0.717) is 41.6 Å². The summed E-state index contributed by atoms with van der Waals surface area (Å²) in [6.45, 7) is 0.858. The predicted molar refractivity (Wildman–Crippen MR) is 102 cm³/mol. The van der Waals surface area contributed by atoms with E-state index in [4.69, 9.17) is 15.2 Å². The maximum Gasteiger partial charge on any atom is 0.248 e. The largest absolute Gasteiger partial charge is 0.493 e. The van der Waals surface area contributed by atoms with Crippen LogP contribution in [-0.4, -0.2) is 44.8 Å². The average molecular weight is 367 g/mol. The molecule has 0 aliphatic carbocycles. The molecule has 0 aromatic heterocycles. The molecule has 140 valence electrons. The molecule has 0 bridgehead atoms. The van der Waals surface area contributed by atoms with E-state index in [0.717, 1.165) is 5.56 Å². The summed E-state index contributed by atoms with van der Waals surface area (Å²) in [6.07, 6.45) is 0. The van der Waals surface area contributed by atoms with Crippen molar-refractivity contribution in [1.82, 2.24) is 5.32 Å². The molecule has 0 spiro atoms. The number of nitrogens with one attached hydrogen (secondary N) is 1. The van der Waals surface area contributed by atoms with Gasteiger partial charge < -0.3 is 20.5 Å². The number of rotatable bonds is 6. The van der Waals surface area contributed by atoms with Crippen LogP contribution in [-0.2, 0) is 0 Å². The van der Waals surface area contributed by atoms with Gasteiger partial charge in [0.1, 0.15) is 5.84 Å². The van der Waals surface area contributed by atoms with Crippen molar-refractivity contribution in [3.63, 3.8) is 0 Å². The Balaban J connectivity index is 1.72. The predicted octanol–water partition coefficient (Wildman–Crippen LogP) is 1.65. The number of primary amides is 1. The number of aliphatic imine (C=N–C) groups is 1. The topological polar surface area (TPSA) is 103 Å². The summed E-state index contributed by atoms with van der Waals surface area (Å²) in [4.78, 5) is 28.4. The summed E-state index contributed by atoms with van der Waals surface area (Å²) < 4.78 is 10.5. The normalized spacial score (nSPS) is 16.1. The van der Waals surface area contributed by atoms with Gasteiger partial charge in [0.2, 0.25) is 5.91 Å². The number of benzene rings is 2. The molecule has 7 heteroatoms. The van der Waals surface area contributed by atoms with Gasteiger partial charge in [0.25, 0.3) is 0 Å². The van der Waals surface area contributed by atoms with Crippen LogP contribution in [0.2, 0.25) is 0 Å². The lowest BCUT2D eigenvalue weighted by atomic mass is 9.95. The van der Waals surface area contributed by atoms with Gasteiger partial charge in [-0.05, 0) is 30.3 Å². The van der Waals surface area contributed by atoms with E-state index in [1.807, 2.05) is 0 Å². The quantitative estimate of drug-likeness (QED) is 0.756.